The van der Waals surface area contributed by atoms with Gasteiger partial charge in [-0.05, 0) is 17.7 Å². The summed E-state index contributed by atoms with van der Waals surface area (Å²) >= 11 is 0. The minimum Gasteiger partial charge on any atom is -0.207 e. The molecule has 0 N–H and O–H groups in total. The van der Waals surface area contributed by atoms with E-state index in [2.05, 4.69) is 6.07 Å². The summed E-state index contributed by atoms with van der Waals surface area (Å²) in [4.78, 5) is 0. The maximum atomic E-state index is 13.3. The Balaban J connectivity index is 2.54. The molecule has 0 spiro atoms. The first-order valence-corrected chi connectivity index (χ1v) is 4.30. The smallest absolute Gasteiger partial charge is 0.167 e. The molecule has 0 atom stereocenters. The number of hydrogen-bond acceptors (Lipinski definition) is 0. The van der Waals surface area contributed by atoms with Gasteiger partial charge >= 0.3 is 0 Å². The van der Waals surface area contributed by atoms with E-state index in [9.17, 15) is 13.2 Å². The fraction of sp³-hybridized carbons (Fsp3) is 0. The van der Waals surface area contributed by atoms with Gasteiger partial charge in [0.15, 0.2) is 11.6 Å². The molecular weight excluding hydrogens is 201 g/mol. The molecule has 0 bridgehead atoms. The molecule has 2 rings (SSSR count). The third-order valence-electron chi connectivity index (χ3n) is 2.04. The van der Waals surface area contributed by atoms with Crippen molar-refractivity contribution in [3.05, 3.63) is 59.9 Å². The third-order valence-corrected chi connectivity index (χ3v) is 2.04. The van der Waals surface area contributed by atoms with Gasteiger partial charge in [0.1, 0.15) is 5.82 Å². The summed E-state index contributed by atoms with van der Waals surface area (Å²) in [5.41, 5.74) is 0.535. The Labute approximate surface area is 85.0 Å². The number of rotatable bonds is 1. The van der Waals surface area contributed by atoms with Crippen LogP contribution in [0.25, 0.3) is 11.1 Å². The van der Waals surface area contributed by atoms with E-state index in [1.165, 1.54) is 36.4 Å². The van der Waals surface area contributed by atoms with Gasteiger partial charge < -0.3 is 0 Å². The molecule has 0 saturated heterocycles. The topological polar surface area (TPSA) is 0 Å². The monoisotopic (exact) mass is 207 g/mol. The van der Waals surface area contributed by atoms with Crippen LogP contribution in [0.3, 0.4) is 0 Å². The lowest BCUT2D eigenvalue weighted by atomic mass is 10.1. The van der Waals surface area contributed by atoms with Crippen LogP contribution in [0.4, 0.5) is 13.2 Å². The molecule has 0 heterocycles. The van der Waals surface area contributed by atoms with Crippen molar-refractivity contribution in [2.75, 3.05) is 0 Å². The molecule has 0 nitrogen and oxygen atoms in total. The van der Waals surface area contributed by atoms with Gasteiger partial charge in [0.25, 0.3) is 0 Å². The predicted molar refractivity (Wildman–Crippen MR) is 50.6 cm³/mol. The highest BCUT2D eigenvalue weighted by Gasteiger charge is 2.09. The van der Waals surface area contributed by atoms with Crippen LogP contribution in [0, 0.1) is 23.5 Å². The van der Waals surface area contributed by atoms with E-state index < -0.39 is 17.5 Å². The lowest BCUT2D eigenvalue weighted by Gasteiger charge is -2.03. The molecule has 0 amide bonds. The normalized spacial score (nSPS) is 10.3. The quantitative estimate of drug-likeness (QED) is 0.670. The molecule has 0 aliphatic carbocycles. The zero-order valence-corrected chi connectivity index (χ0v) is 7.60. The van der Waals surface area contributed by atoms with Gasteiger partial charge in [-0.3, -0.25) is 0 Å². The van der Waals surface area contributed by atoms with E-state index in [0.29, 0.717) is 5.56 Å². The zero-order chi connectivity index (χ0) is 10.8. The van der Waals surface area contributed by atoms with Gasteiger partial charge in [0, 0.05) is 11.6 Å². The van der Waals surface area contributed by atoms with Gasteiger partial charge in [-0.15, -0.1) is 0 Å². The summed E-state index contributed by atoms with van der Waals surface area (Å²) in [6.45, 7) is 0. The van der Waals surface area contributed by atoms with E-state index in [-0.39, 0.29) is 5.56 Å². The minimum absolute atomic E-state index is 0.103. The first-order valence-electron chi connectivity index (χ1n) is 4.30. The number of hydrogen-bond donors (Lipinski definition) is 0. The lowest BCUT2D eigenvalue weighted by Crippen LogP contribution is -1.89. The van der Waals surface area contributed by atoms with Crippen LogP contribution in [0.1, 0.15) is 0 Å². The Kier molecular flexibility index (Phi) is 2.46. The van der Waals surface area contributed by atoms with Crippen LogP contribution in [0.2, 0.25) is 0 Å². The number of benzene rings is 2. The second-order valence-electron chi connectivity index (χ2n) is 3.03. The van der Waals surface area contributed by atoms with Crippen molar-refractivity contribution < 1.29 is 13.2 Å². The van der Waals surface area contributed by atoms with Gasteiger partial charge in [-0.25, -0.2) is 13.2 Å². The van der Waals surface area contributed by atoms with Crippen molar-refractivity contribution in [2.45, 2.75) is 0 Å². The maximum Gasteiger partial charge on any atom is 0.167 e. The largest absolute Gasteiger partial charge is 0.207 e. The molecule has 0 fully saturated rings. The van der Waals surface area contributed by atoms with E-state index in [0.717, 1.165) is 0 Å². The standard InChI is InChI=1S/C12H6F3/c13-9-6-4-8(5-7-9)10-2-1-3-11(14)12(10)15/h1-2,4-7H. The molecule has 75 valence electrons. The van der Waals surface area contributed by atoms with Gasteiger partial charge in [-0.2, -0.15) is 0 Å². The summed E-state index contributed by atoms with van der Waals surface area (Å²) < 4.78 is 38.7. The molecule has 15 heavy (non-hydrogen) atoms. The summed E-state index contributed by atoms with van der Waals surface area (Å²) in [6, 6.07) is 9.98. The van der Waals surface area contributed by atoms with Crippen molar-refractivity contribution in [2.24, 2.45) is 0 Å². The van der Waals surface area contributed by atoms with E-state index in [4.69, 9.17) is 0 Å². The van der Waals surface area contributed by atoms with Crippen molar-refractivity contribution >= 4 is 0 Å². The Morgan fingerprint density at radius 1 is 0.867 bits per heavy atom. The number of halogens is 3. The summed E-state index contributed by atoms with van der Waals surface area (Å²) in [7, 11) is 0. The molecule has 3 heteroatoms. The highest BCUT2D eigenvalue weighted by atomic mass is 19.2. The van der Waals surface area contributed by atoms with E-state index in [1.807, 2.05) is 0 Å². The minimum atomic E-state index is -1.03. The summed E-state index contributed by atoms with van der Waals surface area (Å²) in [6.07, 6.45) is 0. The molecular formula is C12H6F3. The second kappa shape index (κ2) is 3.77. The van der Waals surface area contributed by atoms with Crippen LogP contribution >= 0.6 is 0 Å². The van der Waals surface area contributed by atoms with Crippen LogP contribution in [-0.2, 0) is 0 Å². The molecule has 0 unspecified atom stereocenters. The fourth-order valence-electron chi connectivity index (χ4n) is 1.31. The van der Waals surface area contributed by atoms with E-state index in [1.54, 1.807) is 0 Å². The lowest BCUT2D eigenvalue weighted by molar-refractivity contribution is 0.509. The van der Waals surface area contributed by atoms with Crippen LogP contribution in [-0.4, -0.2) is 0 Å². The summed E-state index contributed by atoms with van der Waals surface area (Å²) in [5, 5.41) is 0. The van der Waals surface area contributed by atoms with Crippen molar-refractivity contribution in [3.8, 4) is 11.1 Å². The SMILES string of the molecule is Fc1ccc(-c2cc[c]c(F)c2F)cc1. The molecule has 0 aliphatic heterocycles. The Morgan fingerprint density at radius 3 is 2.20 bits per heavy atom. The summed E-state index contributed by atoms with van der Waals surface area (Å²) in [5.74, 6) is -2.41. The molecule has 0 aliphatic rings. The molecule has 2 aromatic rings. The van der Waals surface area contributed by atoms with Crippen LogP contribution in [0.5, 0.6) is 0 Å². The highest BCUT2D eigenvalue weighted by Crippen LogP contribution is 2.24. The van der Waals surface area contributed by atoms with Gasteiger partial charge in [-0.1, -0.05) is 24.3 Å². The zero-order valence-electron chi connectivity index (χ0n) is 7.60. The van der Waals surface area contributed by atoms with Crippen molar-refractivity contribution in [3.63, 3.8) is 0 Å². The van der Waals surface area contributed by atoms with Crippen molar-refractivity contribution in [1.82, 2.24) is 0 Å². The highest BCUT2D eigenvalue weighted by molar-refractivity contribution is 5.63. The molecule has 1 radical (unpaired) electrons. The van der Waals surface area contributed by atoms with Crippen molar-refractivity contribution in [1.29, 1.82) is 0 Å². The van der Waals surface area contributed by atoms with Gasteiger partial charge in [0.05, 0.1) is 0 Å². The second-order valence-corrected chi connectivity index (χ2v) is 3.03. The Hall–Kier alpha value is -1.77. The third kappa shape index (κ3) is 1.86. The Morgan fingerprint density at radius 2 is 1.53 bits per heavy atom. The fourth-order valence-corrected chi connectivity index (χ4v) is 1.31. The maximum absolute atomic E-state index is 13.3. The molecule has 0 aromatic heterocycles. The average molecular weight is 207 g/mol. The molecule has 2 aromatic carbocycles. The first-order chi connectivity index (χ1) is 7.18. The Bertz CT molecular complexity index is 475. The van der Waals surface area contributed by atoms with Crippen LogP contribution in [0.15, 0.2) is 36.4 Å². The van der Waals surface area contributed by atoms with E-state index >= 15 is 0 Å². The molecule has 0 saturated carbocycles. The first kappa shape index (κ1) is 9.77. The van der Waals surface area contributed by atoms with Crippen LogP contribution < -0.4 is 0 Å². The van der Waals surface area contributed by atoms with Gasteiger partial charge in [0.2, 0.25) is 0 Å². The average Bonchev–Trinajstić information content (AvgIpc) is 2.24. The predicted octanol–water partition coefficient (Wildman–Crippen LogP) is 3.57.